The van der Waals surface area contributed by atoms with Crippen LogP contribution in [0.1, 0.15) is 0 Å². The fourth-order valence-electron chi connectivity index (χ4n) is 1.26. The van der Waals surface area contributed by atoms with Crippen molar-refractivity contribution in [3.8, 4) is 11.1 Å². The van der Waals surface area contributed by atoms with Crippen LogP contribution in [0.25, 0.3) is 11.1 Å². The molecule has 0 fully saturated rings. The van der Waals surface area contributed by atoms with E-state index < -0.39 is 0 Å². The van der Waals surface area contributed by atoms with Crippen LogP contribution in [-0.4, -0.2) is 8.41 Å². The van der Waals surface area contributed by atoms with Crippen molar-refractivity contribution in [3.05, 3.63) is 60.7 Å². The van der Waals surface area contributed by atoms with Gasteiger partial charge in [0.25, 0.3) is 0 Å². The lowest BCUT2D eigenvalue weighted by atomic mass is 10.1. The fraction of sp³-hybridized carbons (Fsp3) is 0. The van der Waals surface area contributed by atoms with Gasteiger partial charge < -0.3 is 0 Å². The van der Waals surface area contributed by atoms with E-state index in [1.807, 2.05) is 12.1 Å². The molecule has 2 aromatic rings. The van der Waals surface area contributed by atoms with E-state index in [1.165, 1.54) is 11.1 Å². The second kappa shape index (κ2) is 5.98. The van der Waals surface area contributed by atoms with Crippen LogP contribution in [0.4, 0.5) is 4.70 Å². The molecule has 14 heavy (non-hydrogen) atoms. The first kappa shape index (κ1) is 12.4. The van der Waals surface area contributed by atoms with Crippen molar-refractivity contribution in [1.82, 2.24) is 0 Å². The summed E-state index contributed by atoms with van der Waals surface area (Å²) in [4.78, 5) is 0. The summed E-state index contributed by atoms with van der Waals surface area (Å²) in [5, 5.41) is 0. The summed E-state index contributed by atoms with van der Waals surface area (Å²) in [6.45, 7) is 0. The average molecular weight is 188 g/mol. The Labute approximate surface area is 85.5 Å². The maximum Gasteiger partial charge on any atom is 0.0814 e. The number of hydrogen-bond donors (Lipinski definition) is 0. The van der Waals surface area contributed by atoms with Crippen LogP contribution in [0, 0.1) is 0 Å². The number of hydrogen-bond acceptors (Lipinski definition) is 0. The highest BCUT2D eigenvalue weighted by molar-refractivity contribution is 5.75. The molecule has 0 bridgehead atoms. The standard InChI is InChI=1S/C12H10.BH3.FH/c1-3-7-11(8-4-1)12-9-5-2-6-10-12;;/h1-10H;1H3;1H. The third-order valence-corrected chi connectivity index (χ3v) is 1.88. The lowest BCUT2D eigenvalue weighted by molar-refractivity contribution is 1.11. The SMILES string of the molecule is B.F.c1ccc(-c2ccccc2)cc1. The van der Waals surface area contributed by atoms with Gasteiger partial charge in [-0.15, -0.1) is 0 Å². The van der Waals surface area contributed by atoms with E-state index in [-0.39, 0.29) is 13.1 Å². The summed E-state index contributed by atoms with van der Waals surface area (Å²) in [6, 6.07) is 20.8. The first-order chi connectivity index (χ1) is 5.97. The third kappa shape index (κ3) is 2.73. The number of halogens is 1. The van der Waals surface area contributed by atoms with Gasteiger partial charge in [0.2, 0.25) is 0 Å². The molecule has 2 heteroatoms. The van der Waals surface area contributed by atoms with Gasteiger partial charge in [-0.3, -0.25) is 4.70 Å². The van der Waals surface area contributed by atoms with E-state index in [2.05, 4.69) is 48.5 Å². The second-order valence-electron chi connectivity index (χ2n) is 2.73. The first-order valence-electron chi connectivity index (χ1n) is 4.07. The summed E-state index contributed by atoms with van der Waals surface area (Å²) in [5.74, 6) is 0. The molecule has 0 aliphatic carbocycles. The van der Waals surface area contributed by atoms with Gasteiger partial charge >= 0.3 is 0 Å². The van der Waals surface area contributed by atoms with Crippen LogP contribution >= 0.6 is 0 Å². The predicted molar refractivity (Wildman–Crippen MR) is 64.3 cm³/mol. The Bertz CT molecular complexity index is 308. The topological polar surface area (TPSA) is 0 Å². The molecule has 0 heterocycles. The Kier molecular flexibility index (Phi) is 5.31. The molecule has 0 saturated heterocycles. The Balaban J connectivity index is 0.000000845. The van der Waals surface area contributed by atoms with Gasteiger partial charge in [-0.1, -0.05) is 60.7 Å². The Hall–Kier alpha value is -1.57. The normalized spacial score (nSPS) is 8.29. The molecule has 0 nitrogen and oxygen atoms in total. The highest BCUT2D eigenvalue weighted by Crippen LogP contribution is 2.17. The predicted octanol–water partition coefficient (Wildman–Crippen LogP) is 2.32. The van der Waals surface area contributed by atoms with Gasteiger partial charge in [-0.05, 0) is 11.1 Å². The van der Waals surface area contributed by atoms with Crippen LogP contribution in [0.3, 0.4) is 0 Å². The van der Waals surface area contributed by atoms with Crippen molar-refractivity contribution < 1.29 is 4.70 Å². The lowest BCUT2D eigenvalue weighted by Crippen LogP contribution is -1.73. The van der Waals surface area contributed by atoms with E-state index in [4.69, 9.17) is 0 Å². The highest BCUT2D eigenvalue weighted by atomic mass is 19.0. The minimum absolute atomic E-state index is 0. The van der Waals surface area contributed by atoms with Crippen LogP contribution < -0.4 is 0 Å². The van der Waals surface area contributed by atoms with Crippen molar-refractivity contribution in [2.45, 2.75) is 0 Å². The zero-order valence-electron chi connectivity index (χ0n) is 7.18. The van der Waals surface area contributed by atoms with Gasteiger partial charge in [0.1, 0.15) is 0 Å². The van der Waals surface area contributed by atoms with E-state index in [9.17, 15) is 0 Å². The minimum atomic E-state index is 0. The molecule has 0 aromatic heterocycles. The molecule has 2 aromatic carbocycles. The molecule has 2 rings (SSSR count). The molecule has 0 saturated carbocycles. The van der Waals surface area contributed by atoms with Crippen LogP contribution in [0.2, 0.25) is 0 Å². The Morgan fingerprint density at radius 2 is 0.786 bits per heavy atom. The second-order valence-corrected chi connectivity index (χ2v) is 2.73. The van der Waals surface area contributed by atoms with Crippen molar-refractivity contribution in [2.75, 3.05) is 0 Å². The minimum Gasteiger partial charge on any atom is -0.269 e. The molecule has 0 unspecified atom stereocenters. The summed E-state index contributed by atoms with van der Waals surface area (Å²) in [5.41, 5.74) is 2.55. The monoisotopic (exact) mass is 188 g/mol. The van der Waals surface area contributed by atoms with Crippen molar-refractivity contribution in [3.63, 3.8) is 0 Å². The van der Waals surface area contributed by atoms with Gasteiger partial charge in [-0.2, -0.15) is 0 Å². The summed E-state index contributed by atoms with van der Waals surface area (Å²) in [6.07, 6.45) is 0. The van der Waals surface area contributed by atoms with E-state index in [0.29, 0.717) is 0 Å². The van der Waals surface area contributed by atoms with Gasteiger partial charge in [0, 0.05) is 0 Å². The van der Waals surface area contributed by atoms with E-state index in [1.54, 1.807) is 0 Å². The fourth-order valence-corrected chi connectivity index (χ4v) is 1.26. The molecule has 0 aliphatic rings. The largest absolute Gasteiger partial charge is 0.269 e. The van der Waals surface area contributed by atoms with Crippen LogP contribution in [0.5, 0.6) is 0 Å². The molecule has 0 N–H and O–H groups in total. The van der Waals surface area contributed by atoms with Crippen molar-refractivity contribution >= 4 is 8.41 Å². The Morgan fingerprint density at radius 3 is 1.07 bits per heavy atom. The summed E-state index contributed by atoms with van der Waals surface area (Å²) < 4.78 is 0. The van der Waals surface area contributed by atoms with Crippen LogP contribution in [-0.2, 0) is 0 Å². The van der Waals surface area contributed by atoms with Gasteiger partial charge in [0.15, 0.2) is 0 Å². The lowest BCUT2D eigenvalue weighted by Gasteiger charge is -1.98. The molecule has 0 spiro atoms. The zero-order valence-corrected chi connectivity index (χ0v) is 7.18. The van der Waals surface area contributed by atoms with Gasteiger partial charge in [-0.25, -0.2) is 0 Å². The van der Waals surface area contributed by atoms with Crippen molar-refractivity contribution in [2.24, 2.45) is 0 Å². The third-order valence-electron chi connectivity index (χ3n) is 1.88. The van der Waals surface area contributed by atoms with Gasteiger partial charge in [0.05, 0.1) is 8.41 Å². The summed E-state index contributed by atoms with van der Waals surface area (Å²) >= 11 is 0. The van der Waals surface area contributed by atoms with E-state index >= 15 is 0 Å². The molecule has 72 valence electrons. The number of benzene rings is 2. The Morgan fingerprint density at radius 1 is 0.500 bits per heavy atom. The maximum absolute atomic E-state index is 2.12. The zero-order chi connectivity index (χ0) is 8.23. The summed E-state index contributed by atoms with van der Waals surface area (Å²) in [7, 11) is 0. The molecule has 0 amide bonds. The first-order valence-corrected chi connectivity index (χ1v) is 4.07. The average Bonchev–Trinajstić information content (AvgIpc) is 2.21. The van der Waals surface area contributed by atoms with Crippen LogP contribution in [0.15, 0.2) is 60.7 Å². The smallest absolute Gasteiger partial charge is 0.0814 e. The van der Waals surface area contributed by atoms with E-state index in [0.717, 1.165) is 0 Å². The molecule has 0 aliphatic heterocycles. The maximum atomic E-state index is 2.12. The quantitative estimate of drug-likeness (QED) is 0.602. The number of rotatable bonds is 1. The molecule has 0 atom stereocenters. The molecular weight excluding hydrogens is 174 g/mol. The highest BCUT2D eigenvalue weighted by Gasteiger charge is 1.91. The molecular formula is C12H14BF. The van der Waals surface area contributed by atoms with Crippen molar-refractivity contribution in [1.29, 1.82) is 0 Å². The molecule has 0 radical (unpaired) electrons.